The van der Waals surface area contributed by atoms with Crippen molar-refractivity contribution in [3.05, 3.63) is 22.8 Å². The molecule has 1 saturated heterocycles. The molecule has 1 aromatic heterocycles. The first-order valence-corrected chi connectivity index (χ1v) is 7.02. The maximum absolute atomic E-state index is 12.1. The van der Waals surface area contributed by atoms with Crippen molar-refractivity contribution in [1.29, 1.82) is 0 Å². The third kappa shape index (κ3) is 2.21. The van der Waals surface area contributed by atoms with E-state index in [0.29, 0.717) is 17.6 Å². The molecule has 0 aliphatic carbocycles. The number of sulfone groups is 1. The number of hydrogen-bond donors (Lipinski definition) is 1. The zero-order chi connectivity index (χ0) is 10.9. The van der Waals surface area contributed by atoms with Gasteiger partial charge in [0, 0.05) is 6.54 Å². The van der Waals surface area contributed by atoms with Gasteiger partial charge in [0.25, 0.3) is 0 Å². The Labute approximate surface area is 97.1 Å². The van der Waals surface area contributed by atoms with E-state index in [1.165, 1.54) is 0 Å². The standard InChI is InChI=1S/C9H11BrN2O2S/c10-8-2-1-3-9(12-8)15(13,14)7-4-5-11-6-7/h1-3,7,11H,4-6H2/t7-/m1/s1. The maximum atomic E-state index is 12.1. The lowest BCUT2D eigenvalue weighted by Crippen LogP contribution is -2.24. The first-order chi connectivity index (χ1) is 7.10. The number of aromatic nitrogens is 1. The SMILES string of the molecule is O=S(=O)(c1cccc(Br)n1)[C@@H]1CCNC1. The number of nitrogens with zero attached hydrogens (tertiary/aromatic N) is 1. The lowest BCUT2D eigenvalue weighted by atomic mass is 10.4. The van der Waals surface area contributed by atoms with Gasteiger partial charge in [-0.15, -0.1) is 0 Å². The van der Waals surface area contributed by atoms with Crippen LogP contribution in [0.25, 0.3) is 0 Å². The van der Waals surface area contributed by atoms with E-state index in [9.17, 15) is 8.42 Å². The summed E-state index contributed by atoms with van der Waals surface area (Å²) in [5, 5.41) is 2.87. The van der Waals surface area contributed by atoms with Crippen molar-refractivity contribution in [2.24, 2.45) is 0 Å². The molecular formula is C9H11BrN2O2S. The van der Waals surface area contributed by atoms with Crippen LogP contribution in [0, 0.1) is 0 Å². The molecule has 2 rings (SSSR count). The van der Waals surface area contributed by atoms with Crippen molar-refractivity contribution in [1.82, 2.24) is 10.3 Å². The molecule has 0 saturated carbocycles. The first kappa shape index (κ1) is 11.0. The van der Waals surface area contributed by atoms with Gasteiger partial charge in [0.15, 0.2) is 14.9 Å². The van der Waals surface area contributed by atoms with Crippen LogP contribution < -0.4 is 5.32 Å². The number of pyridine rings is 1. The average molecular weight is 291 g/mol. The van der Waals surface area contributed by atoms with E-state index in [2.05, 4.69) is 26.2 Å². The molecule has 2 heterocycles. The van der Waals surface area contributed by atoms with E-state index in [1.807, 2.05) is 0 Å². The minimum atomic E-state index is -3.26. The van der Waals surface area contributed by atoms with Crippen LogP contribution in [-0.4, -0.2) is 31.7 Å². The largest absolute Gasteiger partial charge is 0.315 e. The minimum Gasteiger partial charge on any atom is -0.315 e. The summed E-state index contributed by atoms with van der Waals surface area (Å²) >= 11 is 3.17. The van der Waals surface area contributed by atoms with Gasteiger partial charge in [0.1, 0.15) is 4.60 Å². The summed E-state index contributed by atoms with van der Waals surface area (Å²) in [7, 11) is -3.26. The summed E-state index contributed by atoms with van der Waals surface area (Å²) < 4.78 is 24.7. The summed E-state index contributed by atoms with van der Waals surface area (Å²) in [6, 6.07) is 4.94. The van der Waals surface area contributed by atoms with E-state index >= 15 is 0 Å². The average Bonchev–Trinajstić information content (AvgIpc) is 2.71. The van der Waals surface area contributed by atoms with Gasteiger partial charge >= 0.3 is 0 Å². The molecule has 1 aliphatic heterocycles. The third-order valence-electron chi connectivity index (χ3n) is 2.43. The number of rotatable bonds is 2. The molecule has 0 aromatic carbocycles. The molecule has 1 aromatic rings. The molecule has 0 radical (unpaired) electrons. The molecule has 82 valence electrons. The predicted molar refractivity (Wildman–Crippen MR) is 60.4 cm³/mol. The zero-order valence-electron chi connectivity index (χ0n) is 7.98. The molecule has 0 bridgehead atoms. The molecule has 6 heteroatoms. The van der Waals surface area contributed by atoms with Gasteiger partial charge < -0.3 is 5.32 Å². The van der Waals surface area contributed by atoms with Crippen LogP contribution in [0.15, 0.2) is 27.8 Å². The van der Waals surface area contributed by atoms with E-state index in [-0.39, 0.29) is 10.3 Å². The highest BCUT2D eigenvalue weighted by atomic mass is 79.9. The fraction of sp³-hybridized carbons (Fsp3) is 0.444. The molecule has 0 spiro atoms. The van der Waals surface area contributed by atoms with E-state index in [4.69, 9.17) is 0 Å². The van der Waals surface area contributed by atoms with Gasteiger partial charge in [-0.2, -0.15) is 0 Å². The van der Waals surface area contributed by atoms with Gasteiger partial charge in [0.2, 0.25) is 0 Å². The maximum Gasteiger partial charge on any atom is 0.199 e. The highest BCUT2D eigenvalue weighted by molar-refractivity contribution is 9.10. The molecule has 15 heavy (non-hydrogen) atoms. The summed E-state index contributed by atoms with van der Waals surface area (Å²) in [6.07, 6.45) is 0.663. The summed E-state index contributed by atoms with van der Waals surface area (Å²) in [4.78, 5) is 3.99. The van der Waals surface area contributed by atoms with Crippen molar-refractivity contribution in [2.75, 3.05) is 13.1 Å². The topological polar surface area (TPSA) is 59.1 Å². The van der Waals surface area contributed by atoms with Crippen LogP contribution in [0.1, 0.15) is 6.42 Å². The minimum absolute atomic E-state index is 0.158. The second-order valence-electron chi connectivity index (χ2n) is 3.46. The second kappa shape index (κ2) is 4.19. The van der Waals surface area contributed by atoms with Crippen LogP contribution in [-0.2, 0) is 9.84 Å². The van der Waals surface area contributed by atoms with Crippen molar-refractivity contribution < 1.29 is 8.42 Å². The van der Waals surface area contributed by atoms with E-state index in [0.717, 1.165) is 6.54 Å². The van der Waals surface area contributed by atoms with Crippen LogP contribution in [0.3, 0.4) is 0 Å². The fourth-order valence-electron chi connectivity index (χ4n) is 1.61. The van der Waals surface area contributed by atoms with Gasteiger partial charge in [-0.1, -0.05) is 6.07 Å². The number of hydrogen-bond acceptors (Lipinski definition) is 4. The van der Waals surface area contributed by atoms with Crippen LogP contribution in [0.4, 0.5) is 0 Å². The first-order valence-electron chi connectivity index (χ1n) is 4.68. The van der Waals surface area contributed by atoms with E-state index in [1.54, 1.807) is 18.2 Å². The Morgan fingerprint density at radius 2 is 2.27 bits per heavy atom. The molecule has 0 amide bonds. The lowest BCUT2D eigenvalue weighted by Gasteiger charge is -2.09. The van der Waals surface area contributed by atoms with Crippen molar-refractivity contribution in [2.45, 2.75) is 16.7 Å². The van der Waals surface area contributed by atoms with E-state index < -0.39 is 9.84 Å². The van der Waals surface area contributed by atoms with Crippen molar-refractivity contribution in [3.8, 4) is 0 Å². The Kier molecular flexibility index (Phi) is 3.08. The smallest absolute Gasteiger partial charge is 0.199 e. The van der Waals surface area contributed by atoms with Crippen LogP contribution >= 0.6 is 15.9 Å². The second-order valence-corrected chi connectivity index (χ2v) is 6.45. The monoisotopic (exact) mass is 290 g/mol. The summed E-state index contributed by atoms with van der Waals surface area (Å²) in [6.45, 7) is 1.29. The fourth-order valence-corrected chi connectivity index (χ4v) is 3.67. The Morgan fingerprint density at radius 1 is 1.47 bits per heavy atom. The lowest BCUT2D eigenvalue weighted by molar-refractivity contribution is 0.579. The van der Waals surface area contributed by atoms with Crippen LogP contribution in [0.5, 0.6) is 0 Å². The molecule has 1 aliphatic rings. The summed E-state index contributed by atoms with van der Waals surface area (Å²) in [5.41, 5.74) is 0. The third-order valence-corrected chi connectivity index (χ3v) is 4.97. The summed E-state index contributed by atoms with van der Waals surface area (Å²) in [5.74, 6) is 0. The zero-order valence-corrected chi connectivity index (χ0v) is 10.4. The predicted octanol–water partition coefficient (Wildman–Crippen LogP) is 0.980. The quantitative estimate of drug-likeness (QED) is 0.825. The Balaban J connectivity index is 2.36. The van der Waals surface area contributed by atoms with Crippen molar-refractivity contribution in [3.63, 3.8) is 0 Å². The normalized spacial score (nSPS) is 21.8. The van der Waals surface area contributed by atoms with Gasteiger partial charge in [-0.05, 0) is 41.0 Å². The molecule has 4 nitrogen and oxygen atoms in total. The van der Waals surface area contributed by atoms with Gasteiger partial charge in [-0.25, -0.2) is 13.4 Å². The molecule has 1 N–H and O–H groups in total. The molecule has 1 atom stereocenters. The molecule has 0 unspecified atom stereocenters. The molecular weight excluding hydrogens is 280 g/mol. The number of halogens is 1. The highest BCUT2D eigenvalue weighted by Gasteiger charge is 2.31. The molecule has 1 fully saturated rings. The van der Waals surface area contributed by atoms with Crippen LogP contribution in [0.2, 0.25) is 0 Å². The number of nitrogens with one attached hydrogen (secondary N) is 1. The highest BCUT2D eigenvalue weighted by Crippen LogP contribution is 2.19. The Hall–Kier alpha value is -0.460. The van der Waals surface area contributed by atoms with Crippen molar-refractivity contribution >= 4 is 25.8 Å². The Bertz CT molecular complexity index is 455. The Morgan fingerprint density at radius 3 is 2.87 bits per heavy atom. The van der Waals surface area contributed by atoms with Gasteiger partial charge in [0.05, 0.1) is 5.25 Å². The van der Waals surface area contributed by atoms with Gasteiger partial charge in [-0.3, -0.25) is 0 Å².